The van der Waals surface area contributed by atoms with Crippen LogP contribution in [0.3, 0.4) is 0 Å². The molecule has 1 aromatic rings. The van der Waals surface area contributed by atoms with Gasteiger partial charge in [0.05, 0.1) is 53.5 Å². The number of allylic oxidation sites excluding steroid dienone is 10. The maximum atomic E-state index is 13.8. The highest BCUT2D eigenvalue weighted by atomic mass is 16.5. The number of hydrogen-bond acceptors (Lipinski definition) is 10. The second-order valence-corrected chi connectivity index (χ2v) is 13.2. The molecule has 256 valence electrons. The highest BCUT2D eigenvalue weighted by Crippen LogP contribution is 2.47. The van der Waals surface area contributed by atoms with Crippen LogP contribution in [-0.2, 0) is 14.3 Å². The minimum absolute atomic E-state index is 0.163. The van der Waals surface area contributed by atoms with Crippen molar-refractivity contribution in [2.75, 3.05) is 13.7 Å². The molecule has 0 saturated carbocycles. The van der Waals surface area contributed by atoms with Crippen molar-refractivity contribution in [2.24, 2.45) is 26.8 Å². The summed E-state index contributed by atoms with van der Waals surface area (Å²) in [6.07, 6.45) is 5.45. The number of carbonyl (C=O) groups is 2. The number of methoxy groups -OCH3 is 1. The van der Waals surface area contributed by atoms with Crippen molar-refractivity contribution in [1.29, 1.82) is 0 Å². The molecule has 2 atom stereocenters. The Labute approximate surface area is 291 Å². The Bertz CT molecular complexity index is 2110. The molecule has 1 fully saturated rings. The molecule has 5 aliphatic heterocycles. The van der Waals surface area contributed by atoms with Gasteiger partial charge < -0.3 is 25.0 Å². The number of benzene rings is 1. The molecule has 6 aliphatic rings. The third-order valence-corrected chi connectivity index (χ3v) is 10.5. The van der Waals surface area contributed by atoms with Crippen LogP contribution in [0.1, 0.15) is 70.7 Å². The molecule has 1 aromatic carbocycles. The van der Waals surface area contributed by atoms with E-state index in [4.69, 9.17) is 24.5 Å². The van der Waals surface area contributed by atoms with E-state index in [9.17, 15) is 19.8 Å². The predicted octanol–water partition coefficient (Wildman–Crippen LogP) is 6.79. The Balaban J connectivity index is 1.51. The number of hydrogen-bond donors (Lipinski definition) is 3. The zero-order chi connectivity index (χ0) is 35.4. The summed E-state index contributed by atoms with van der Waals surface area (Å²) >= 11 is 0. The number of rotatable bonds is 7. The van der Waals surface area contributed by atoms with Crippen LogP contribution in [0.5, 0.6) is 0 Å². The number of nitrogens with one attached hydrogen (secondary N) is 1. The molecule has 3 N–H and O–H groups in total. The quantitative estimate of drug-likeness (QED) is 0.271. The number of carbonyl (C=O) groups excluding carboxylic acids is 2. The van der Waals surface area contributed by atoms with Gasteiger partial charge in [0, 0.05) is 47.1 Å². The molecule has 50 heavy (non-hydrogen) atoms. The number of fused-ring (bicyclic) bond motifs is 5. The number of aliphatic imine (C=N–C) groups is 3. The smallest absolute Gasteiger partial charge is 0.343 e. The van der Waals surface area contributed by atoms with Crippen LogP contribution >= 0.6 is 0 Å². The van der Waals surface area contributed by atoms with Crippen LogP contribution in [0.15, 0.2) is 136 Å². The summed E-state index contributed by atoms with van der Waals surface area (Å²) in [6.45, 7) is 9.67. The lowest BCUT2D eigenvalue weighted by molar-refractivity contribution is -0.140. The highest BCUT2D eigenvalue weighted by molar-refractivity contribution is 6.21. The summed E-state index contributed by atoms with van der Waals surface area (Å²) in [7, 11) is 1.37. The molecule has 10 nitrogen and oxygen atoms in total. The Morgan fingerprint density at radius 2 is 1.68 bits per heavy atom. The molecule has 0 spiro atoms. The van der Waals surface area contributed by atoms with Gasteiger partial charge in [-0.2, -0.15) is 0 Å². The van der Waals surface area contributed by atoms with E-state index < -0.39 is 5.97 Å². The fraction of sp³-hybridized carbons (Fsp3) is 0.325. The van der Waals surface area contributed by atoms with E-state index in [2.05, 4.69) is 12.2 Å². The average molecular weight is 673 g/mol. The Morgan fingerprint density at radius 1 is 0.940 bits per heavy atom. The first-order valence-corrected chi connectivity index (χ1v) is 17.0. The first-order valence-electron chi connectivity index (χ1n) is 17.0. The monoisotopic (exact) mass is 672 g/mol. The number of aliphatic hydroxyl groups excluding tert-OH is 2. The molecule has 1 aliphatic carbocycles. The van der Waals surface area contributed by atoms with E-state index in [0.717, 1.165) is 51.5 Å². The molecule has 8 bridgehead atoms. The topological polar surface area (TPSA) is 142 Å². The van der Waals surface area contributed by atoms with Gasteiger partial charge in [0.2, 0.25) is 0 Å². The van der Waals surface area contributed by atoms with Gasteiger partial charge in [0.25, 0.3) is 0 Å². The van der Waals surface area contributed by atoms with Crippen LogP contribution in [0.25, 0.3) is 0 Å². The lowest BCUT2D eigenvalue weighted by Gasteiger charge is -2.18. The van der Waals surface area contributed by atoms with E-state index in [-0.39, 0.29) is 48.8 Å². The maximum Gasteiger partial charge on any atom is 0.343 e. The molecule has 0 unspecified atom stereocenters. The molecule has 5 heterocycles. The van der Waals surface area contributed by atoms with Crippen molar-refractivity contribution in [1.82, 2.24) is 5.32 Å². The molecule has 7 rings (SSSR count). The van der Waals surface area contributed by atoms with Crippen molar-refractivity contribution >= 4 is 29.1 Å². The van der Waals surface area contributed by atoms with Crippen LogP contribution in [-0.4, -0.2) is 53.0 Å². The second-order valence-electron chi connectivity index (χ2n) is 13.2. The zero-order valence-electron chi connectivity index (χ0n) is 29.1. The summed E-state index contributed by atoms with van der Waals surface area (Å²) in [5, 5.41) is 25.7. The minimum Gasteiger partial charge on any atom is -0.511 e. The third-order valence-electron chi connectivity index (χ3n) is 10.5. The van der Waals surface area contributed by atoms with Crippen molar-refractivity contribution < 1.29 is 29.3 Å². The fourth-order valence-electron chi connectivity index (χ4n) is 7.67. The lowest BCUT2D eigenvalue weighted by atomic mass is 9.86. The number of aliphatic hydroxyl groups is 2. The molecule has 0 aromatic heterocycles. The summed E-state index contributed by atoms with van der Waals surface area (Å²) in [4.78, 5) is 41.4. The highest BCUT2D eigenvalue weighted by Gasteiger charge is 2.43. The number of ether oxygens (including phenoxy) is 2. The van der Waals surface area contributed by atoms with Crippen molar-refractivity contribution in [3.05, 3.63) is 127 Å². The van der Waals surface area contributed by atoms with Crippen LogP contribution in [0.4, 0.5) is 0 Å². The first-order chi connectivity index (χ1) is 24.1. The third kappa shape index (κ3) is 5.35. The number of nitrogens with zero attached hydrogens (tertiary/aromatic N) is 3. The molecule has 10 heteroatoms. The second kappa shape index (κ2) is 12.8. The summed E-state index contributed by atoms with van der Waals surface area (Å²) in [5.74, 6) is -0.952. The van der Waals surface area contributed by atoms with Crippen molar-refractivity contribution in [3.8, 4) is 0 Å². The molecule has 1 saturated heterocycles. The molecule has 0 radical (unpaired) electrons. The summed E-state index contributed by atoms with van der Waals surface area (Å²) in [5.41, 5.74) is 11.4. The largest absolute Gasteiger partial charge is 0.511 e. The Kier molecular flexibility index (Phi) is 8.51. The van der Waals surface area contributed by atoms with Crippen molar-refractivity contribution in [3.63, 3.8) is 0 Å². The van der Waals surface area contributed by atoms with Crippen LogP contribution in [0.2, 0.25) is 0 Å². The van der Waals surface area contributed by atoms with Crippen molar-refractivity contribution in [2.45, 2.75) is 60.3 Å². The minimum atomic E-state index is -0.560. The van der Waals surface area contributed by atoms with Gasteiger partial charge in [-0.15, -0.1) is 0 Å². The standard InChI is InChI=1S/C40H40N4O6/c1-7-24-19(2)28-16-31-27(18-45)21(4)35(43-31)39(50-40(48)23-11-9-8-10-12-23)36-20(3)25(13-14-33(47)49-6)37(44-36)26-15-32(46)34-22(5)29(42-38(26)34)17-30(24)41-28/h8-12,16-17,20,25,44-46H,7,13-15,18H2,1-6H3/t20-,25-/m0/s1. The Morgan fingerprint density at radius 3 is 2.38 bits per heavy atom. The predicted molar refractivity (Wildman–Crippen MR) is 191 cm³/mol. The SMILES string of the molecule is CCC1=C(C)C2=NC1=CC1=C(C)C3=C(O)CC(=C4NC(=C(OC(=O)c5ccccc5)C5=NC(=C2)C(CO)=C5C)[C@@H](C)[C@@H]4CCC(=O)OC)C3=N1. The molecular formula is C40H40N4O6. The van der Waals surface area contributed by atoms with Gasteiger partial charge in [0.1, 0.15) is 11.5 Å². The summed E-state index contributed by atoms with van der Waals surface area (Å²) in [6, 6.07) is 8.75. The summed E-state index contributed by atoms with van der Waals surface area (Å²) < 4.78 is 11.3. The van der Waals surface area contributed by atoms with Gasteiger partial charge >= 0.3 is 11.9 Å². The average Bonchev–Trinajstić information content (AvgIpc) is 3.87. The van der Waals surface area contributed by atoms with E-state index in [1.165, 1.54) is 7.11 Å². The Hall–Kier alpha value is -5.35. The zero-order valence-corrected chi connectivity index (χ0v) is 29.1. The van der Waals surface area contributed by atoms with Gasteiger partial charge in [0.15, 0.2) is 5.76 Å². The van der Waals surface area contributed by atoms with Gasteiger partial charge in [-0.05, 0) is 80.2 Å². The maximum absolute atomic E-state index is 13.8. The molecule has 0 amide bonds. The van der Waals surface area contributed by atoms with E-state index >= 15 is 0 Å². The van der Waals surface area contributed by atoms with Gasteiger partial charge in [-0.1, -0.05) is 32.0 Å². The fourth-order valence-corrected chi connectivity index (χ4v) is 7.67. The van der Waals surface area contributed by atoms with E-state index in [1.807, 2.05) is 45.9 Å². The normalized spacial score (nSPS) is 22.7. The lowest BCUT2D eigenvalue weighted by Crippen LogP contribution is -2.21. The molecular weight excluding hydrogens is 632 g/mol. The van der Waals surface area contributed by atoms with E-state index in [1.54, 1.807) is 24.3 Å². The van der Waals surface area contributed by atoms with Crippen LogP contribution < -0.4 is 5.32 Å². The van der Waals surface area contributed by atoms with Gasteiger partial charge in [-0.25, -0.2) is 19.8 Å². The first kappa shape index (κ1) is 33.2. The van der Waals surface area contributed by atoms with Crippen LogP contribution in [0, 0.1) is 11.8 Å². The number of esters is 2. The van der Waals surface area contributed by atoms with Gasteiger partial charge in [-0.3, -0.25) is 4.79 Å². The van der Waals surface area contributed by atoms with E-state index in [0.29, 0.717) is 51.5 Å².